The molecule has 0 aliphatic heterocycles. The van der Waals surface area contributed by atoms with Crippen molar-refractivity contribution in [3.8, 4) is 0 Å². The topological polar surface area (TPSA) is 20.2 Å². The largest absolute Gasteiger partial charge is 0.389 e. The van der Waals surface area contributed by atoms with Crippen LogP contribution >= 0.6 is 11.6 Å². The highest BCUT2D eigenvalue weighted by molar-refractivity contribution is 6.22. The standard InChI is InChI=1S/C5H6ClF5O/c6-5(10,11)3(12)1-2-4(7,8)9/h3,12H,1-2H2. The van der Waals surface area contributed by atoms with Gasteiger partial charge in [0.1, 0.15) is 6.10 Å². The molecule has 0 fully saturated rings. The highest BCUT2D eigenvalue weighted by Crippen LogP contribution is 2.30. The zero-order chi connectivity index (χ0) is 9.99. The molecule has 0 bridgehead atoms. The van der Waals surface area contributed by atoms with E-state index in [2.05, 4.69) is 11.6 Å². The zero-order valence-electron chi connectivity index (χ0n) is 5.71. The molecule has 0 saturated carbocycles. The fourth-order valence-electron chi connectivity index (χ4n) is 0.464. The van der Waals surface area contributed by atoms with Gasteiger partial charge < -0.3 is 5.11 Å². The average Bonchev–Trinajstić information content (AvgIpc) is 1.78. The summed E-state index contributed by atoms with van der Waals surface area (Å²) in [5, 5.41) is 4.37. The first-order valence-electron chi connectivity index (χ1n) is 2.94. The van der Waals surface area contributed by atoms with E-state index in [1.807, 2.05) is 0 Å². The summed E-state index contributed by atoms with van der Waals surface area (Å²) in [7, 11) is 0. The van der Waals surface area contributed by atoms with Crippen molar-refractivity contribution in [1.82, 2.24) is 0 Å². The molecule has 12 heavy (non-hydrogen) atoms. The van der Waals surface area contributed by atoms with Gasteiger partial charge in [-0.15, -0.1) is 0 Å². The number of hydrogen-bond acceptors (Lipinski definition) is 1. The van der Waals surface area contributed by atoms with Crippen molar-refractivity contribution < 1.29 is 27.1 Å². The second-order valence-electron chi connectivity index (χ2n) is 2.21. The SMILES string of the molecule is OC(CCC(F)(F)F)C(F)(F)Cl. The van der Waals surface area contributed by atoms with E-state index in [0.717, 1.165) is 0 Å². The fourth-order valence-corrected chi connectivity index (χ4v) is 0.573. The molecule has 0 amide bonds. The summed E-state index contributed by atoms with van der Waals surface area (Å²) in [4.78, 5) is 0. The summed E-state index contributed by atoms with van der Waals surface area (Å²) in [6.45, 7) is 0. The van der Waals surface area contributed by atoms with Gasteiger partial charge in [0.2, 0.25) is 0 Å². The summed E-state index contributed by atoms with van der Waals surface area (Å²) in [5.41, 5.74) is 0. The maximum atomic E-state index is 11.8. The van der Waals surface area contributed by atoms with Gasteiger partial charge in [-0.25, -0.2) is 0 Å². The minimum Gasteiger partial charge on any atom is -0.385 e. The van der Waals surface area contributed by atoms with E-state index in [9.17, 15) is 22.0 Å². The Morgan fingerprint density at radius 2 is 1.58 bits per heavy atom. The van der Waals surface area contributed by atoms with E-state index in [1.54, 1.807) is 0 Å². The smallest absolute Gasteiger partial charge is 0.385 e. The predicted molar refractivity (Wildman–Crippen MR) is 32.1 cm³/mol. The first kappa shape index (κ1) is 11.9. The van der Waals surface area contributed by atoms with E-state index >= 15 is 0 Å². The molecule has 0 heterocycles. The van der Waals surface area contributed by atoms with Crippen molar-refractivity contribution >= 4 is 11.6 Å². The molecule has 0 radical (unpaired) electrons. The van der Waals surface area contributed by atoms with Gasteiger partial charge in [-0.1, -0.05) is 0 Å². The van der Waals surface area contributed by atoms with Crippen molar-refractivity contribution in [2.45, 2.75) is 30.5 Å². The van der Waals surface area contributed by atoms with E-state index in [4.69, 9.17) is 5.11 Å². The van der Waals surface area contributed by atoms with E-state index in [1.165, 1.54) is 0 Å². The van der Waals surface area contributed by atoms with E-state index < -0.39 is 30.5 Å². The van der Waals surface area contributed by atoms with Crippen LogP contribution in [0, 0.1) is 0 Å². The van der Waals surface area contributed by atoms with Gasteiger partial charge in [0.25, 0.3) is 0 Å². The molecule has 0 aliphatic carbocycles. The summed E-state index contributed by atoms with van der Waals surface area (Å²) in [6, 6.07) is 0. The van der Waals surface area contributed by atoms with Gasteiger partial charge >= 0.3 is 11.6 Å². The molecule has 0 aliphatic rings. The van der Waals surface area contributed by atoms with Crippen LogP contribution in [0.15, 0.2) is 0 Å². The molecule has 0 saturated heterocycles. The van der Waals surface area contributed by atoms with Crippen molar-refractivity contribution in [3.63, 3.8) is 0 Å². The monoisotopic (exact) mass is 212 g/mol. The lowest BCUT2D eigenvalue weighted by atomic mass is 10.2. The van der Waals surface area contributed by atoms with Crippen molar-refractivity contribution in [1.29, 1.82) is 0 Å². The molecule has 1 atom stereocenters. The van der Waals surface area contributed by atoms with Crippen LogP contribution in [0.3, 0.4) is 0 Å². The minimum atomic E-state index is -4.55. The molecule has 0 spiro atoms. The highest BCUT2D eigenvalue weighted by Gasteiger charge is 2.38. The molecule has 0 aromatic heterocycles. The van der Waals surface area contributed by atoms with Crippen LogP contribution in [0.5, 0.6) is 0 Å². The lowest BCUT2D eigenvalue weighted by Crippen LogP contribution is -2.28. The van der Waals surface area contributed by atoms with Crippen molar-refractivity contribution in [2.24, 2.45) is 0 Å². The average molecular weight is 213 g/mol. The van der Waals surface area contributed by atoms with Gasteiger partial charge in [-0.3, -0.25) is 0 Å². The Hall–Kier alpha value is -0.100. The van der Waals surface area contributed by atoms with Crippen LogP contribution < -0.4 is 0 Å². The summed E-state index contributed by atoms with van der Waals surface area (Å²) in [6.07, 6.45) is -9.58. The van der Waals surface area contributed by atoms with Gasteiger partial charge in [0, 0.05) is 6.42 Å². The zero-order valence-corrected chi connectivity index (χ0v) is 6.46. The Morgan fingerprint density at radius 1 is 1.17 bits per heavy atom. The van der Waals surface area contributed by atoms with Crippen LogP contribution in [0.25, 0.3) is 0 Å². The maximum Gasteiger partial charge on any atom is 0.389 e. The van der Waals surface area contributed by atoms with Gasteiger partial charge in [0.05, 0.1) is 0 Å². The Kier molecular flexibility index (Phi) is 3.71. The predicted octanol–water partition coefficient (Wildman–Crippen LogP) is 2.52. The van der Waals surface area contributed by atoms with Crippen molar-refractivity contribution in [2.75, 3.05) is 0 Å². The third-order valence-electron chi connectivity index (χ3n) is 1.08. The molecule has 74 valence electrons. The Morgan fingerprint density at radius 3 is 1.83 bits per heavy atom. The first-order valence-corrected chi connectivity index (χ1v) is 3.32. The number of aliphatic hydroxyl groups is 1. The maximum absolute atomic E-state index is 11.8. The van der Waals surface area contributed by atoms with Crippen LogP contribution in [-0.4, -0.2) is 22.8 Å². The molecule has 0 rings (SSSR count). The second kappa shape index (κ2) is 3.74. The number of alkyl halides is 6. The fraction of sp³-hybridized carbons (Fsp3) is 1.00. The third kappa shape index (κ3) is 5.54. The summed E-state index contributed by atoms with van der Waals surface area (Å²) < 4.78 is 57.9. The van der Waals surface area contributed by atoms with Gasteiger partial charge in [0.15, 0.2) is 0 Å². The van der Waals surface area contributed by atoms with Gasteiger partial charge in [-0.2, -0.15) is 22.0 Å². The molecular weight excluding hydrogens is 206 g/mol. The molecule has 1 unspecified atom stereocenters. The number of halogens is 6. The van der Waals surface area contributed by atoms with Crippen LogP contribution in [0.2, 0.25) is 0 Å². The molecule has 0 aromatic carbocycles. The molecule has 1 nitrogen and oxygen atoms in total. The minimum absolute atomic E-state index is 1.10. The van der Waals surface area contributed by atoms with E-state index in [0.29, 0.717) is 0 Å². The molecular formula is C5H6ClF5O. The Bertz CT molecular complexity index is 140. The number of aliphatic hydroxyl groups excluding tert-OH is 1. The lowest BCUT2D eigenvalue weighted by Gasteiger charge is -2.16. The first-order chi connectivity index (χ1) is 5.13. The Labute approximate surface area is 70.1 Å². The quantitative estimate of drug-likeness (QED) is 0.563. The third-order valence-corrected chi connectivity index (χ3v) is 1.33. The highest BCUT2D eigenvalue weighted by atomic mass is 35.5. The van der Waals surface area contributed by atoms with E-state index in [-0.39, 0.29) is 0 Å². The lowest BCUT2D eigenvalue weighted by molar-refractivity contribution is -0.147. The second-order valence-corrected chi connectivity index (χ2v) is 2.72. The number of hydrogen-bond donors (Lipinski definition) is 1. The summed E-state index contributed by atoms with van der Waals surface area (Å²) in [5.74, 6) is 0. The summed E-state index contributed by atoms with van der Waals surface area (Å²) >= 11 is 4.26. The van der Waals surface area contributed by atoms with Gasteiger partial charge in [-0.05, 0) is 18.0 Å². The Balaban J connectivity index is 3.80. The molecule has 7 heteroatoms. The van der Waals surface area contributed by atoms with Crippen LogP contribution in [0.1, 0.15) is 12.8 Å². The normalized spacial score (nSPS) is 16.2. The van der Waals surface area contributed by atoms with Crippen LogP contribution in [0.4, 0.5) is 22.0 Å². The van der Waals surface area contributed by atoms with Crippen LogP contribution in [-0.2, 0) is 0 Å². The molecule has 0 aromatic rings. The number of rotatable bonds is 3. The molecule has 1 N–H and O–H groups in total. The van der Waals surface area contributed by atoms with Crippen molar-refractivity contribution in [3.05, 3.63) is 0 Å².